The smallest absolute Gasteiger partial charge is 0.407 e. The van der Waals surface area contributed by atoms with Crippen molar-refractivity contribution in [3.05, 3.63) is 35.9 Å². The summed E-state index contributed by atoms with van der Waals surface area (Å²) in [4.78, 5) is 22.9. The Bertz CT molecular complexity index is 513. The molecule has 0 saturated heterocycles. The molecule has 6 heteroatoms. The predicted octanol–water partition coefficient (Wildman–Crippen LogP) is 2.25. The van der Waals surface area contributed by atoms with E-state index < -0.39 is 23.8 Å². The van der Waals surface area contributed by atoms with Gasteiger partial charge in [0.15, 0.2) is 0 Å². The van der Waals surface area contributed by atoms with Gasteiger partial charge in [-0.15, -0.1) is 0 Å². The molecule has 0 fully saturated rings. The van der Waals surface area contributed by atoms with Crippen LogP contribution in [0.5, 0.6) is 0 Å². The van der Waals surface area contributed by atoms with Crippen molar-refractivity contribution in [3.8, 4) is 0 Å². The number of esters is 1. The third-order valence-electron chi connectivity index (χ3n) is 3.31. The summed E-state index contributed by atoms with van der Waals surface area (Å²) in [5.74, 6) is -0.577. The Labute approximate surface area is 136 Å². The van der Waals surface area contributed by atoms with Crippen LogP contribution in [0.15, 0.2) is 30.3 Å². The lowest BCUT2D eigenvalue weighted by Gasteiger charge is -2.34. The maximum Gasteiger partial charge on any atom is 0.407 e. The lowest BCUT2D eigenvalue weighted by Crippen LogP contribution is -2.52. The first-order chi connectivity index (χ1) is 10.7. The van der Waals surface area contributed by atoms with Crippen molar-refractivity contribution < 1.29 is 24.2 Å². The molecular weight excluding hydrogens is 298 g/mol. The standard InChI is InChI=1S/C17H25NO5/c1-12(2)15(23-13(3)19)17(4,21)11-18-16(20)22-10-14-8-6-5-7-9-14/h5-9,12,15,21H,10-11H2,1-4H3,(H,18,20)/t15-,17-/m1/s1. The van der Waals surface area contributed by atoms with Crippen LogP contribution in [0.3, 0.4) is 0 Å². The Hall–Kier alpha value is -2.08. The van der Waals surface area contributed by atoms with Gasteiger partial charge in [0, 0.05) is 6.92 Å². The second-order valence-corrected chi connectivity index (χ2v) is 6.05. The molecule has 1 amide bonds. The fourth-order valence-electron chi connectivity index (χ4n) is 2.29. The SMILES string of the molecule is CC(=O)O[C@H](C(C)C)[C@](C)(O)CNC(=O)OCc1ccccc1. The van der Waals surface area contributed by atoms with E-state index in [2.05, 4.69) is 5.32 Å². The van der Waals surface area contributed by atoms with Crippen LogP contribution in [0.4, 0.5) is 4.79 Å². The number of carbonyl (C=O) groups excluding carboxylic acids is 2. The summed E-state index contributed by atoms with van der Waals surface area (Å²) >= 11 is 0. The van der Waals surface area contributed by atoms with E-state index >= 15 is 0 Å². The van der Waals surface area contributed by atoms with Gasteiger partial charge in [-0.3, -0.25) is 4.79 Å². The largest absolute Gasteiger partial charge is 0.459 e. The molecule has 0 heterocycles. The van der Waals surface area contributed by atoms with Gasteiger partial charge in [0.2, 0.25) is 0 Å². The molecule has 0 aliphatic carbocycles. The Morgan fingerprint density at radius 3 is 2.39 bits per heavy atom. The highest BCUT2D eigenvalue weighted by atomic mass is 16.6. The average Bonchev–Trinajstić information content (AvgIpc) is 2.49. The second-order valence-electron chi connectivity index (χ2n) is 6.05. The van der Waals surface area contributed by atoms with Crippen LogP contribution in [0.2, 0.25) is 0 Å². The van der Waals surface area contributed by atoms with Crippen molar-refractivity contribution in [3.63, 3.8) is 0 Å². The van der Waals surface area contributed by atoms with Crippen molar-refractivity contribution in [2.24, 2.45) is 5.92 Å². The first kappa shape index (κ1) is 19.0. The second kappa shape index (κ2) is 8.53. The summed E-state index contributed by atoms with van der Waals surface area (Å²) in [6.07, 6.45) is -1.37. The zero-order valence-electron chi connectivity index (χ0n) is 14.0. The molecule has 2 atom stereocenters. The van der Waals surface area contributed by atoms with Crippen LogP contribution in [0.25, 0.3) is 0 Å². The number of nitrogens with one attached hydrogen (secondary N) is 1. The third kappa shape index (κ3) is 6.69. The van der Waals surface area contributed by atoms with Crippen molar-refractivity contribution in [2.75, 3.05) is 6.54 Å². The summed E-state index contributed by atoms with van der Waals surface area (Å²) < 4.78 is 10.2. The first-order valence-corrected chi connectivity index (χ1v) is 7.56. The zero-order chi connectivity index (χ0) is 17.5. The number of alkyl carbamates (subject to hydrolysis) is 1. The lowest BCUT2D eigenvalue weighted by molar-refractivity contribution is -0.166. The number of ether oxygens (including phenoxy) is 2. The minimum Gasteiger partial charge on any atom is -0.459 e. The van der Waals surface area contributed by atoms with E-state index in [0.717, 1.165) is 5.56 Å². The highest BCUT2D eigenvalue weighted by Crippen LogP contribution is 2.21. The minimum atomic E-state index is -1.40. The van der Waals surface area contributed by atoms with E-state index in [4.69, 9.17) is 9.47 Å². The van der Waals surface area contributed by atoms with Crippen molar-refractivity contribution in [1.29, 1.82) is 0 Å². The molecule has 2 N–H and O–H groups in total. The zero-order valence-corrected chi connectivity index (χ0v) is 14.0. The van der Waals surface area contributed by atoms with Gasteiger partial charge in [0.1, 0.15) is 18.3 Å². The Kier molecular flexibility index (Phi) is 7.03. The molecular formula is C17H25NO5. The summed E-state index contributed by atoms with van der Waals surface area (Å²) in [6, 6.07) is 9.28. The Morgan fingerprint density at radius 1 is 1.26 bits per heavy atom. The molecule has 0 bridgehead atoms. The van der Waals surface area contributed by atoms with Crippen molar-refractivity contribution >= 4 is 12.1 Å². The monoisotopic (exact) mass is 323 g/mol. The number of rotatable bonds is 7. The van der Waals surface area contributed by atoms with E-state index in [0.29, 0.717) is 0 Å². The van der Waals surface area contributed by atoms with Crippen LogP contribution in [0.1, 0.15) is 33.3 Å². The van der Waals surface area contributed by atoms with Gasteiger partial charge < -0.3 is 19.9 Å². The summed E-state index contributed by atoms with van der Waals surface area (Å²) in [6.45, 7) is 6.51. The van der Waals surface area contributed by atoms with Gasteiger partial charge in [-0.2, -0.15) is 0 Å². The molecule has 6 nitrogen and oxygen atoms in total. The first-order valence-electron chi connectivity index (χ1n) is 7.56. The average molecular weight is 323 g/mol. The van der Waals surface area contributed by atoms with E-state index in [1.54, 1.807) is 0 Å². The van der Waals surface area contributed by atoms with Crippen LogP contribution in [0, 0.1) is 5.92 Å². The van der Waals surface area contributed by atoms with E-state index in [9.17, 15) is 14.7 Å². The van der Waals surface area contributed by atoms with Gasteiger partial charge in [0.05, 0.1) is 6.54 Å². The number of amides is 1. The highest BCUT2D eigenvalue weighted by molar-refractivity contribution is 5.67. The van der Waals surface area contributed by atoms with E-state index in [1.807, 2.05) is 44.2 Å². The fraction of sp³-hybridized carbons (Fsp3) is 0.529. The van der Waals surface area contributed by atoms with Gasteiger partial charge in [-0.25, -0.2) is 4.79 Å². The molecule has 0 aliphatic rings. The summed E-state index contributed by atoms with van der Waals surface area (Å²) in [5, 5.41) is 13.0. The molecule has 23 heavy (non-hydrogen) atoms. The Morgan fingerprint density at radius 2 is 1.87 bits per heavy atom. The topological polar surface area (TPSA) is 84.9 Å². The number of hydrogen-bond donors (Lipinski definition) is 2. The molecule has 0 saturated carbocycles. The lowest BCUT2D eigenvalue weighted by atomic mass is 9.90. The van der Waals surface area contributed by atoms with Crippen LogP contribution >= 0.6 is 0 Å². The number of carbonyl (C=O) groups is 2. The van der Waals surface area contributed by atoms with Gasteiger partial charge in [0.25, 0.3) is 0 Å². The normalized spacial score (nSPS) is 14.7. The van der Waals surface area contributed by atoms with Crippen molar-refractivity contribution in [2.45, 2.75) is 46.0 Å². The maximum absolute atomic E-state index is 11.7. The van der Waals surface area contributed by atoms with Crippen molar-refractivity contribution in [1.82, 2.24) is 5.32 Å². The van der Waals surface area contributed by atoms with Crippen LogP contribution < -0.4 is 5.32 Å². The molecule has 128 valence electrons. The van der Waals surface area contributed by atoms with Gasteiger partial charge >= 0.3 is 12.1 Å². The molecule has 0 unspecified atom stereocenters. The predicted molar refractivity (Wildman–Crippen MR) is 85.6 cm³/mol. The number of aliphatic hydroxyl groups is 1. The number of hydrogen-bond acceptors (Lipinski definition) is 5. The summed E-state index contributed by atoms with van der Waals surface area (Å²) in [7, 11) is 0. The molecule has 1 aromatic rings. The molecule has 1 aromatic carbocycles. The fourth-order valence-corrected chi connectivity index (χ4v) is 2.29. The highest BCUT2D eigenvalue weighted by Gasteiger charge is 2.37. The summed E-state index contributed by atoms with van der Waals surface area (Å²) in [5.41, 5.74) is -0.527. The van der Waals surface area contributed by atoms with E-state index in [1.165, 1.54) is 13.8 Å². The van der Waals surface area contributed by atoms with Crippen LogP contribution in [-0.2, 0) is 20.9 Å². The third-order valence-corrected chi connectivity index (χ3v) is 3.31. The molecule has 1 rings (SSSR count). The molecule has 0 spiro atoms. The van der Waals surface area contributed by atoms with E-state index in [-0.39, 0.29) is 19.1 Å². The van der Waals surface area contributed by atoms with Gasteiger partial charge in [-0.1, -0.05) is 44.2 Å². The minimum absolute atomic E-state index is 0.0866. The van der Waals surface area contributed by atoms with Crippen LogP contribution in [-0.4, -0.2) is 35.4 Å². The number of benzene rings is 1. The molecule has 0 aliphatic heterocycles. The molecule has 0 radical (unpaired) electrons. The quantitative estimate of drug-likeness (QED) is 0.752. The Balaban J connectivity index is 2.50. The van der Waals surface area contributed by atoms with Gasteiger partial charge in [-0.05, 0) is 18.4 Å². The molecule has 0 aromatic heterocycles. The maximum atomic E-state index is 11.7.